The van der Waals surface area contributed by atoms with E-state index in [2.05, 4.69) is 26.1 Å². The first-order valence-electron chi connectivity index (χ1n) is 5.53. The van der Waals surface area contributed by atoms with Crippen LogP contribution in [0.25, 0.3) is 0 Å². The van der Waals surface area contributed by atoms with Crippen LogP contribution in [0.4, 0.5) is 4.39 Å². The molecular formula is C13H20FN. The monoisotopic (exact) mass is 209 g/mol. The standard InChI is InChI=1S/C13H20FN/c1-4-8-15-10-13(2,3)11-6-5-7-12(14)9-11/h5-7,9,15H,4,8,10H2,1-3H3. The van der Waals surface area contributed by atoms with E-state index in [4.69, 9.17) is 0 Å². The number of rotatable bonds is 5. The fraction of sp³-hybridized carbons (Fsp3) is 0.538. The molecule has 0 unspecified atom stereocenters. The molecule has 0 saturated carbocycles. The second kappa shape index (κ2) is 5.26. The molecule has 84 valence electrons. The van der Waals surface area contributed by atoms with Crippen LogP contribution in [0, 0.1) is 5.82 Å². The van der Waals surface area contributed by atoms with Crippen molar-refractivity contribution in [3.8, 4) is 0 Å². The minimum absolute atomic E-state index is 0.0166. The van der Waals surface area contributed by atoms with Crippen LogP contribution in [0.2, 0.25) is 0 Å². The predicted molar refractivity (Wildman–Crippen MR) is 62.6 cm³/mol. The first kappa shape index (κ1) is 12.2. The highest BCUT2D eigenvalue weighted by molar-refractivity contribution is 5.24. The van der Waals surface area contributed by atoms with Crippen molar-refractivity contribution in [2.45, 2.75) is 32.6 Å². The molecule has 0 fully saturated rings. The summed E-state index contributed by atoms with van der Waals surface area (Å²) in [5, 5.41) is 3.37. The molecule has 1 N–H and O–H groups in total. The maximum Gasteiger partial charge on any atom is 0.123 e. The van der Waals surface area contributed by atoms with E-state index in [1.54, 1.807) is 12.1 Å². The normalized spacial score (nSPS) is 11.7. The third kappa shape index (κ3) is 3.63. The highest BCUT2D eigenvalue weighted by Crippen LogP contribution is 2.22. The van der Waals surface area contributed by atoms with Crippen molar-refractivity contribution in [1.82, 2.24) is 5.32 Å². The zero-order valence-corrected chi connectivity index (χ0v) is 9.81. The lowest BCUT2D eigenvalue weighted by Gasteiger charge is -2.25. The Labute approximate surface area is 91.7 Å². The molecule has 0 saturated heterocycles. The van der Waals surface area contributed by atoms with Crippen molar-refractivity contribution >= 4 is 0 Å². The van der Waals surface area contributed by atoms with Crippen LogP contribution >= 0.6 is 0 Å². The van der Waals surface area contributed by atoms with Gasteiger partial charge in [-0.15, -0.1) is 0 Å². The number of hydrogen-bond acceptors (Lipinski definition) is 1. The van der Waals surface area contributed by atoms with Gasteiger partial charge in [0.15, 0.2) is 0 Å². The summed E-state index contributed by atoms with van der Waals surface area (Å²) in [7, 11) is 0. The zero-order valence-electron chi connectivity index (χ0n) is 9.81. The van der Waals surface area contributed by atoms with Gasteiger partial charge in [-0.3, -0.25) is 0 Å². The lowest BCUT2D eigenvalue weighted by atomic mass is 9.84. The minimum Gasteiger partial charge on any atom is -0.316 e. The van der Waals surface area contributed by atoms with E-state index in [1.807, 2.05) is 6.07 Å². The van der Waals surface area contributed by atoms with Crippen LogP contribution in [0.3, 0.4) is 0 Å². The molecule has 0 spiro atoms. The lowest BCUT2D eigenvalue weighted by Crippen LogP contribution is -2.33. The third-order valence-corrected chi connectivity index (χ3v) is 2.60. The van der Waals surface area contributed by atoms with Gasteiger partial charge in [-0.25, -0.2) is 4.39 Å². The van der Waals surface area contributed by atoms with Crippen molar-refractivity contribution in [2.24, 2.45) is 0 Å². The molecule has 0 radical (unpaired) electrons. The van der Waals surface area contributed by atoms with Crippen LogP contribution < -0.4 is 5.32 Å². The molecule has 0 aromatic heterocycles. The second-order valence-electron chi connectivity index (χ2n) is 4.57. The van der Waals surface area contributed by atoms with Gasteiger partial charge in [-0.2, -0.15) is 0 Å². The van der Waals surface area contributed by atoms with Gasteiger partial charge in [0.05, 0.1) is 0 Å². The SMILES string of the molecule is CCCNCC(C)(C)c1cccc(F)c1. The number of halogens is 1. The van der Waals surface area contributed by atoms with Gasteiger partial charge < -0.3 is 5.32 Å². The Morgan fingerprint density at radius 1 is 1.33 bits per heavy atom. The van der Waals surface area contributed by atoms with Crippen LogP contribution in [0.15, 0.2) is 24.3 Å². The molecule has 2 heteroatoms. The average Bonchev–Trinajstić information content (AvgIpc) is 2.18. The van der Waals surface area contributed by atoms with Gasteiger partial charge in [0.25, 0.3) is 0 Å². The summed E-state index contributed by atoms with van der Waals surface area (Å²) in [6, 6.07) is 6.86. The van der Waals surface area contributed by atoms with Crippen molar-refractivity contribution in [3.05, 3.63) is 35.6 Å². The Bertz CT molecular complexity index is 307. The topological polar surface area (TPSA) is 12.0 Å². The molecule has 0 heterocycles. The van der Waals surface area contributed by atoms with Gasteiger partial charge in [-0.05, 0) is 30.7 Å². The summed E-state index contributed by atoms with van der Waals surface area (Å²) in [5.41, 5.74) is 1.03. The molecule has 0 aliphatic heterocycles. The number of nitrogens with one attached hydrogen (secondary N) is 1. The Balaban J connectivity index is 2.67. The number of hydrogen-bond donors (Lipinski definition) is 1. The summed E-state index contributed by atoms with van der Waals surface area (Å²) >= 11 is 0. The van der Waals surface area contributed by atoms with Crippen LogP contribution in [-0.2, 0) is 5.41 Å². The van der Waals surface area contributed by atoms with Gasteiger partial charge in [0.2, 0.25) is 0 Å². The Hall–Kier alpha value is -0.890. The third-order valence-electron chi connectivity index (χ3n) is 2.60. The zero-order chi connectivity index (χ0) is 11.3. The van der Waals surface area contributed by atoms with Gasteiger partial charge >= 0.3 is 0 Å². The van der Waals surface area contributed by atoms with E-state index in [0.717, 1.165) is 25.1 Å². The summed E-state index contributed by atoms with van der Waals surface area (Å²) in [6.45, 7) is 8.29. The number of benzene rings is 1. The first-order valence-corrected chi connectivity index (χ1v) is 5.53. The molecule has 1 aromatic carbocycles. The van der Waals surface area contributed by atoms with Crippen molar-refractivity contribution in [2.75, 3.05) is 13.1 Å². The fourth-order valence-electron chi connectivity index (χ4n) is 1.59. The quantitative estimate of drug-likeness (QED) is 0.735. The lowest BCUT2D eigenvalue weighted by molar-refractivity contribution is 0.466. The molecule has 0 amide bonds. The van der Waals surface area contributed by atoms with Crippen molar-refractivity contribution in [1.29, 1.82) is 0 Å². The van der Waals surface area contributed by atoms with Gasteiger partial charge in [0, 0.05) is 12.0 Å². The molecular weight excluding hydrogens is 189 g/mol. The molecule has 0 aliphatic rings. The summed E-state index contributed by atoms with van der Waals surface area (Å²) < 4.78 is 13.1. The van der Waals surface area contributed by atoms with E-state index in [-0.39, 0.29) is 11.2 Å². The van der Waals surface area contributed by atoms with Gasteiger partial charge in [-0.1, -0.05) is 32.9 Å². The predicted octanol–water partition coefficient (Wildman–Crippen LogP) is 3.10. The van der Waals surface area contributed by atoms with E-state index < -0.39 is 0 Å². The van der Waals surface area contributed by atoms with Crippen LogP contribution in [0.5, 0.6) is 0 Å². The largest absolute Gasteiger partial charge is 0.316 e. The van der Waals surface area contributed by atoms with Crippen LogP contribution in [-0.4, -0.2) is 13.1 Å². The van der Waals surface area contributed by atoms with E-state index in [9.17, 15) is 4.39 Å². The average molecular weight is 209 g/mol. The Morgan fingerprint density at radius 3 is 2.67 bits per heavy atom. The summed E-state index contributed by atoms with van der Waals surface area (Å²) in [5.74, 6) is -0.156. The van der Waals surface area contributed by atoms with Crippen LogP contribution in [0.1, 0.15) is 32.8 Å². The maximum absolute atomic E-state index is 13.1. The first-order chi connectivity index (χ1) is 7.06. The molecule has 0 atom stereocenters. The maximum atomic E-state index is 13.1. The highest BCUT2D eigenvalue weighted by Gasteiger charge is 2.20. The Morgan fingerprint density at radius 2 is 2.07 bits per heavy atom. The minimum atomic E-state index is -0.156. The molecule has 0 bridgehead atoms. The molecule has 1 aromatic rings. The highest BCUT2D eigenvalue weighted by atomic mass is 19.1. The van der Waals surface area contributed by atoms with E-state index in [0.29, 0.717) is 0 Å². The second-order valence-corrected chi connectivity index (χ2v) is 4.57. The van der Waals surface area contributed by atoms with E-state index in [1.165, 1.54) is 6.07 Å². The fourth-order valence-corrected chi connectivity index (χ4v) is 1.59. The molecule has 1 nitrogen and oxygen atoms in total. The summed E-state index contributed by atoms with van der Waals surface area (Å²) in [6.07, 6.45) is 1.12. The van der Waals surface area contributed by atoms with Crippen molar-refractivity contribution in [3.63, 3.8) is 0 Å². The molecule has 1 rings (SSSR count). The summed E-state index contributed by atoms with van der Waals surface area (Å²) in [4.78, 5) is 0. The smallest absolute Gasteiger partial charge is 0.123 e. The molecule has 0 aliphatic carbocycles. The van der Waals surface area contributed by atoms with Gasteiger partial charge in [0.1, 0.15) is 5.82 Å². The van der Waals surface area contributed by atoms with E-state index >= 15 is 0 Å². The Kier molecular flexibility index (Phi) is 4.28. The van der Waals surface area contributed by atoms with Crippen molar-refractivity contribution < 1.29 is 4.39 Å². The molecule has 15 heavy (non-hydrogen) atoms.